The van der Waals surface area contributed by atoms with E-state index in [0.29, 0.717) is 18.5 Å². The topological polar surface area (TPSA) is 59.6 Å². The summed E-state index contributed by atoms with van der Waals surface area (Å²) in [6, 6.07) is 4.33. The Morgan fingerprint density at radius 2 is 2.10 bits per heavy atom. The van der Waals surface area contributed by atoms with Crippen molar-refractivity contribution in [2.24, 2.45) is 0 Å². The number of anilines is 1. The van der Waals surface area contributed by atoms with Gasteiger partial charge in [0.15, 0.2) is 11.5 Å². The number of rotatable bonds is 8. The molecule has 0 unspecified atom stereocenters. The molecule has 0 aliphatic heterocycles. The normalized spacial score (nSPS) is 10.4. The van der Waals surface area contributed by atoms with Gasteiger partial charge in [-0.3, -0.25) is 4.79 Å². The Kier molecular flexibility index (Phi) is 6.72. The van der Waals surface area contributed by atoms with E-state index < -0.39 is 6.61 Å². The summed E-state index contributed by atoms with van der Waals surface area (Å²) in [7, 11) is 3.15. The fourth-order valence-electron chi connectivity index (χ4n) is 1.59. The molecule has 1 amide bonds. The number of benzene rings is 1. The Hall–Kier alpha value is -1.89. The van der Waals surface area contributed by atoms with E-state index in [2.05, 4.69) is 15.4 Å². The smallest absolute Gasteiger partial charge is 0.387 e. The molecule has 1 aromatic carbocycles. The zero-order valence-corrected chi connectivity index (χ0v) is 11.4. The summed E-state index contributed by atoms with van der Waals surface area (Å²) in [5, 5.41) is 5.55. The first kappa shape index (κ1) is 16.2. The van der Waals surface area contributed by atoms with Gasteiger partial charge in [-0.2, -0.15) is 8.78 Å². The number of nitrogens with one attached hydrogen (secondary N) is 2. The summed E-state index contributed by atoms with van der Waals surface area (Å²) in [6.45, 7) is -2.22. The van der Waals surface area contributed by atoms with Crippen LogP contribution < -0.4 is 20.1 Å². The van der Waals surface area contributed by atoms with E-state index in [1.165, 1.54) is 19.2 Å². The number of ether oxygens (including phenoxy) is 2. The summed E-state index contributed by atoms with van der Waals surface area (Å²) >= 11 is 0. The second-order valence-electron chi connectivity index (χ2n) is 4.00. The largest absolute Gasteiger partial charge is 0.493 e. The standard InChI is InChI=1S/C13H18F2N2O3/c1-16-7-3-4-12(18)17-9-5-6-10(19-2)11(8-9)20-13(14)15/h5-6,8,13,16H,3-4,7H2,1-2H3,(H,17,18). The Labute approximate surface area is 116 Å². The molecule has 1 rings (SSSR count). The molecule has 0 atom stereocenters. The van der Waals surface area contributed by atoms with Gasteiger partial charge in [0.05, 0.1) is 7.11 Å². The highest BCUT2D eigenvalue weighted by atomic mass is 19.3. The number of halogens is 2. The van der Waals surface area contributed by atoms with Crippen LogP contribution in [0.1, 0.15) is 12.8 Å². The highest BCUT2D eigenvalue weighted by Gasteiger charge is 2.12. The molecule has 0 heterocycles. The SMILES string of the molecule is CNCCCC(=O)Nc1ccc(OC)c(OC(F)F)c1. The molecule has 0 spiro atoms. The third-order valence-electron chi connectivity index (χ3n) is 2.49. The van der Waals surface area contributed by atoms with E-state index in [-0.39, 0.29) is 17.4 Å². The van der Waals surface area contributed by atoms with E-state index in [4.69, 9.17) is 4.74 Å². The lowest BCUT2D eigenvalue weighted by atomic mass is 10.2. The summed E-state index contributed by atoms with van der Waals surface area (Å²) in [6.07, 6.45) is 1.04. The second-order valence-corrected chi connectivity index (χ2v) is 4.00. The molecule has 1 aromatic rings. The summed E-state index contributed by atoms with van der Waals surface area (Å²) in [4.78, 5) is 11.6. The van der Waals surface area contributed by atoms with E-state index in [1.807, 2.05) is 0 Å². The number of hydrogen-bond donors (Lipinski definition) is 2. The van der Waals surface area contributed by atoms with Gasteiger partial charge in [-0.15, -0.1) is 0 Å². The number of hydrogen-bond acceptors (Lipinski definition) is 4. The zero-order valence-electron chi connectivity index (χ0n) is 11.4. The lowest BCUT2D eigenvalue weighted by Crippen LogP contribution is -2.15. The number of carbonyl (C=O) groups is 1. The van der Waals surface area contributed by atoms with Gasteiger partial charge in [-0.25, -0.2) is 0 Å². The Balaban J connectivity index is 2.68. The van der Waals surface area contributed by atoms with Crippen molar-refractivity contribution >= 4 is 11.6 Å². The maximum atomic E-state index is 12.3. The van der Waals surface area contributed by atoms with Crippen LogP contribution in [0.5, 0.6) is 11.5 Å². The molecule has 0 saturated carbocycles. The lowest BCUT2D eigenvalue weighted by molar-refractivity contribution is -0.116. The number of methoxy groups -OCH3 is 1. The summed E-state index contributed by atoms with van der Waals surface area (Å²) in [5.74, 6) is -0.123. The molecule has 0 bridgehead atoms. The van der Waals surface area contributed by atoms with Crippen molar-refractivity contribution in [3.05, 3.63) is 18.2 Å². The lowest BCUT2D eigenvalue weighted by Gasteiger charge is -2.12. The first-order chi connectivity index (χ1) is 9.56. The summed E-state index contributed by atoms with van der Waals surface area (Å²) < 4.78 is 33.8. The van der Waals surface area contributed by atoms with Gasteiger partial charge in [-0.1, -0.05) is 0 Å². The van der Waals surface area contributed by atoms with Crippen LogP contribution in [-0.4, -0.2) is 33.2 Å². The van der Waals surface area contributed by atoms with E-state index >= 15 is 0 Å². The summed E-state index contributed by atoms with van der Waals surface area (Å²) in [5.41, 5.74) is 0.385. The first-order valence-corrected chi connectivity index (χ1v) is 6.14. The first-order valence-electron chi connectivity index (χ1n) is 6.14. The van der Waals surface area contributed by atoms with Gasteiger partial charge in [0.25, 0.3) is 0 Å². The molecule has 7 heteroatoms. The quantitative estimate of drug-likeness (QED) is 0.720. The third kappa shape index (κ3) is 5.40. The molecule has 0 radical (unpaired) electrons. The van der Waals surface area contributed by atoms with Crippen molar-refractivity contribution in [3.63, 3.8) is 0 Å². The van der Waals surface area contributed by atoms with Gasteiger partial charge in [0.2, 0.25) is 5.91 Å². The van der Waals surface area contributed by atoms with Gasteiger partial charge in [0.1, 0.15) is 0 Å². The van der Waals surface area contributed by atoms with Crippen LogP contribution in [-0.2, 0) is 4.79 Å². The van der Waals surface area contributed by atoms with Crippen LogP contribution in [0.4, 0.5) is 14.5 Å². The molecule has 5 nitrogen and oxygen atoms in total. The number of alkyl halides is 2. The third-order valence-corrected chi connectivity index (χ3v) is 2.49. The minimum absolute atomic E-state index is 0.115. The fraction of sp³-hybridized carbons (Fsp3) is 0.462. The van der Waals surface area contributed by atoms with Crippen LogP contribution in [0.25, 0.3) is 0 Å². The maximum absolute atomic E-state index is 12.3. The van der Waals surface area contributed by atoms with Gasteiger partial charge in [0, 0.05) is 18.2 Å². The Morgan fingerprint density at radius 1 is 1.35 bits per heavy atom. The van der Waals surface area contributed by atoms with E-state index in [0.717, 1.165) is 6.54 Å². The number of amides is 1. The van der Waals surface area contributed by atoms with Crippen molar-refractivity contribution in [2.45, 2.75) is 19.5 Å². The van der Waals surface area contributed by atoms with Gasteiger partial charge < -0.3 is 20.1 Å². The van der Waals surface area contributed by atoms with Crippen molar-refractivity contribution in [1.29, 1.82) is 0 Å². The molecule has 2 N–H and O–H groups in total. The predicted octanol–water partition coefficient (Wildman–Crippen LogP) is 2.23. The monoisotopic (exact) mass is 288 g/mol. The molecule has 20 heavy (non-hydrogen) atoms. The van der Waals surface area contributed by atoms with Crippen molar-refractivity contribution in [3.8, 4) is 11.5 Å². The second kappa shape index (κ2) is 8.31. The molecule has 112 valence electrons. The molecule has 0 saturated heterocycles. The minimum atomic E-state index is -2.95. The van der Waals surface area contributed by atoms with E-state index in [9.17, 15) is 13.6 Å². The zero-order chi connectivity index (χ0) is 15.0. The highest BCUT2D eigenvalue weighted by Crippen LogP contribution is 2.31. The van der Waals surface area contributed by atoms with Crippen LogP contribution >= 0.6 is 0 Å². The number of carbonyl (C=O) groups excluding carboxylic acids is 1. The van der Waals surface area contributed by atoms with Gasteiger partial charge in [-0.05, 0) is 32.1 Å². The van der Waals surface area contributed by atoms with Gasteiger partial charge >= 0.3 is 6.61 Å². The Morgan fingerprint density at radius 3 is 2.70 bits per heavy atom. The average Bonchev–Trinajstić information content (AvgIpc) is 2.38. The maximum Gasteiger partial charge on any atom is 0.387 e. The highest BCUT2D eigenvalue weighted by molar-refractivity contribution is 5.91. The molecular formula is C13H18F2N2O3. The molecular weight excluding hydrogens is 270 g/mol. The molecule has 0 aliphatic carbocycles. The Bertz CT molecular complexity index is 442. The molecule has 0 aliphatic rings. The average molecular weight is 288 g/mol. The van der Waals surface area contributed by atoms with Crippen molar-refractivity contribution in [1.82, 2.24) is 5.32 Å². The predicted molar refractivity (Wildman–Crippen MR) is 71.4 cm³/mol. The van der Waals surface area contributed by atoms with Crippen LogP contribution in [0.2, 0.25) is 0 Å². The molecule has 0 fully saturated rings. The van der Waals surface area contributed by atoms with Crippen LogP contribution in [0.15, 0.2) is 18.2 Å². The van der Waals surface area contributed by atoms with Crippen LogP contribution in [0, 0.1) is 0 Å². The fourth-order valence-corrected chi connectivity index (χ4v) is 1.59. The van der Waals surface area contributed by atoms with E-state index in [1.54, 1.807) is 13.1 Å². The van der Waals surface area contributed by atoms with Crippen LogP contribution in [0.3, 0.4) is 0 Å². The van der Waals surface area contributed by atoms with Crippen molar-refractivity contribution in [2.75, 3.05) is 26.0 Å². The molecule has 0 aromatic heterocycles. The minimum Gasteiger partial charge on any atom is -0.493 e. The van der Waals surface area contributed by atoms with Crippen molar-refractivity contribution < 1.29 is 23.0 Å².